The first-order chi connectivity index (χ1) is 17.2. The Morgan fingerprint density at radius 3 is 2.42 bits per heavy atom. The third-order valence-electron chi connectivity index (χ3n) is 9.04. The second kappa shape index (κ2) is 10.2. The molecule has 0 atom stereocenters. The van der Waals surface area contributed by atoms with Gasteiger partial charge in [-0.15, -0.1) is 11.3 Å². The molecule has 4 aliphatic rings. The van der Waals surface area contributed by atoms with Crippen LogP contribution in [0.15, 0.2) is 12.1 Å². The van der Waals surface area contributed by atoms with Gasteiger partial charge in [0.05, 0.1) is 21.1 Å². The molecule has 7 heteroatoms. The zero-order valence-electron chi connectivity index (χ0n) is 21.8. The van der Waals surface area contributed by atoms with Crippen molar-refractivity contribution in [1.29, 1.82) is 0 Å². The molecule has 3 aliphatic carbocycles. The number of thiophene rings is 1. The van der Waals surface area contributed by atoms with E-state index in [0.29, 0.717) is 35.6 Å². The Morgan fingerprint density at radius 1 is 1.08 bits per heavy atom. The lowest BCUT2D eigenvalue weighted by Crippen LogP contribution is -2.54. The van der Waals surface area contributed by atoms with E-state index >= 15 is 0 Å². The van der Waals surface area contributed by atoms with Gasteiger partial charge in [0.15, 0.2) is 0 Å². The number of carbonyl (C=O) groups excluding carboxylic acids is 2. The lowest BCUT2D eigenvalue weighted by Gasteiger charge is -2.44. The number of nitrogens with zero attached hydrogens (tertiary/aromatic N) is 1. The number of amides is 1. The van der Waals surface area contributed by atoms with Gasteiger partial charge in [0, 0.05) is 16.8 Å². The minimum Gasteiger partial charge on any atom is -0.351 e. The van der Waals surface area contributed by atoms with E-state index in [4.69, 9.17) is 0 Å². The zero-order valence-corrected chi connectivity index (χ0v) is 23.5. The summed E-state index contributed by atoms with van der Waals surface area (Å²) < 4.78 is 0. The fraction of sp³-hybridized carbons (Fsp3) is 0.655. The maximum atomic E-state index is 11.9. The largest absolute Gasteiger partial charge is 0.351 e. The van der Waals surface area contributed by atoms with Crippen LogP contribution < -0.4 is 10.2 Å². The van der Waals surface area contributed by atoms with Gasteiger partial charge in [0.25, 0.3) is 0 Å². The number of nitrogens with one attached hydrogen (secondary N) is 1. The van der Waals surface area contributed by atoms with Crippen molar-refractivity contribution in [1.82, 2.24) is 5.32 Å². The van der Waals surface area contributed by atoms with Crippen LogP contribution >= 0.6 is 22.3 Å². The van der Waals surface area contributed by atoms with Crippen molar-refractivity contribution in [2.75, 3.05) is 4.90 Å². The number of hydrogen-bond donors (Lipinski definition) is 2. The van der Waals surface area contributed by atoms with E-state index in [0.717, 1.165) is 61.3 Å². The van der Waals surface area contributed by atoms with Crippen molar-refractivity contribution in [3.05, 3.63) is 21.9 Å². The molecule has 0 aromatic carbocycles. The molecule has 1 aliphatic heterocycles. The molecule has 36 heavy (non-hydrogen) atoms. The molecule has 1 aromatic rings. The molecule has 1 amide bonds. The number of rotatable bonds is 6. The van der Waals surface area contributed by atoms with Crippen LogP contribution in [0.1, 0.15) is 101 Å². The Kier molecular flexibility index (Phi) is 7.36. The quantitative estimate of drug-likeness (QED) is 0.326. The van der Waals surface area contributed by atoms with Gasteiger partial charge in [0.1, 0.15) is 11.3 Å². The maximum absolute atomic E-state index is 11.9. The number of aliphatic hydroxyl groups excluding tert-OH is 1. The van der Waals surface area contributed by atoms with Crippen LogP contribution in [-0.4, -0.2) is 39.4 Å². The van der Waals surface area contributed by atoms with Gasteiger partial charge in [-0.05, 0) is 80.8 Å². The number of aldehydes is 1. The van der Waals surface area contributed by atoms with Crippen LogP contribution in [0, 0.1) is 17.3 Å². The lowest BCUT2D eigenvalue weighted by atomic mass is 9.78. The van der Waals surface area contributed by atoms with Gasteiger partial charge in [-0.2, -0.15) is 0 Å². The van der Waals surface area contributed by atoms with Gasteiger partial charge in [-0.3, -0.25) is 4.79 Å². The van der Waals surface area contributed by atoms with Crippen molar-refractivity contribution in [3.8, 4) is 0 Å². The molecule has 5 nitrogen and oxygen atoms in total. The van der Waals surface area contributed by atoms with E-state index in [1.54, 1.807) is 22.3 Å². The first-order valence-electron chi connectivity index (χ1n) is 13.7. The Bertz CT molecular complexity index is 1110. The highest BCUT2D eigenvalue weighted by atomic mass is 32.1. The topological polar surface area (TPSA) is 69.6 Å². The minimum absolute atomic E-state index is 0.266. The monoisotopic (exact) mass is 528 g/mol. The first-order valence-corrected chi connectivity index (χ1v) is 15.3. The molecule has 0 saturated heterocycles. The van der Waals surface area contributed by atoms with Crippen LogP contribution in [0.5, 0.6) is 0 Å². The first kappa shape index (κ1) is 25.9. The summed E-state index contributed by atoms with van der Waals surface area (Å²) in [4.78, 5) is 29.2. The summed E-state index contributed by atoms with van der Waals surface area (Å²) in [6, 6.07) is 2.60. The fourth-order valence-corrected chi connectivity index (χ4v) is 8.89. The number of fused-ring (bicyclic) bond motifs is 1. The van der Waals surface area contributed by atoms with Crippen LogP contribution in [0.2, 0.25) is 0 Å². The van der Waals surface area contributed by atoms with E-state index in [-0.39, 0.29) is 6.04 Å². The molecular weight excluding hydrogens is 488 g/mol. The van der Waals surface area contributed by atoms with E-state index in [1.807, 2.05) is 0 Å². The average Bonchev–Trinajstić information content (AvgIpc) is 3.31. The predicted molar refractivity (Wildman–Crippen MR) is 153 cm³/mol. The normalized spacial score (nSPS) is 32.3. The smallest absolute Gasteiger partial charge is 0.207 e. The molecule has 2 fully saturated rings. The van der Waals surface area contributed by atoms with Crippen LogP contribution in [0.3, 0.4) is 0 Å². The lowest BCUT2D eigenvalue weighted by molar-refractivity contribution is -0.120. The molecule has 2 N–H and O–H groups in total. The van der Waals surface area contributed by atoms with E-state index in [9.17, 15) is 14.7 Å². The predicted octanol–water partition coefficient (Wildman–Crippen LogP) is 6.51. The van der Waals surface area contributed by atoms with Gasteiger partial charge in [0.2, 0.25) is 6.41 Å². The molecule has 5 rings (SSSR count). The summed E-state index contributed by atoms with van der Waals surface area (Å²) in [5.74, 6) is 1.23. The Balaban J connectivity index is 1.50. The summed E-state index contributed by atoms with van der Waals surface area (Å²) in [6.45, 7) is 7.02. The average molecular weight is 529 g/mol. The van der Waals surface area contributed by atoms with E-state index < -0.39 is 5.54 Å². The van der Waals surface area contributed by atoms with E-state index in [1.165, 1.54) is 34.7 Å². The second-order valence-corrected chi connectivity index (χ2v) is 14.3. The molecular formula is C29H40N2O3S2. The van der Waals surface area contributed by atoms with E-state index in [2.05, 4.69) is 43.1 Å². The Morgan fingerprint density at radius 2 is 1.81 bits per heavy atom. The Labute approximate surface area is 222 Å². The number of aliphatic hydroxyl groups is 1. The fourth-order valence-electron chi connectivity index (χ4n) is 6.44. The molecule has 2 saturated carbocycles. The summed E-state index contributed by atoms with van der Waals surface area (Å²) in [6.07, 6.45) is 15.2. The number of hydrogen-bond acceptors (Lipinski definition) is 4. The van der Waals surface area contributed by atoms with Crippen molar-refractivity contribution in [2.24, 2.45) is 17.3 Å². The Hall–Kier alpha value is -1.70. The molecule has 196 valence electrons. The van der Waals surface area contributed by atoms with Crippen molar-refractivity contribution >= 4 is 56.3 Å². The second-order valence-electron chi connectivity index (χ2n) is 12.3. The zero-order chi connectivity index (χ0) is 25.5. The minimum atomic E-state index is -0.738. The third kappa shape index (κ3) is 5.03. The summed E-state index contributed by atoms with van der Waals surface area (Å²) in [7, 11) is 1.58. The summed E-state index contributed by atoms with van der Waals surface area (Å²) in [5, 5.41) is 14.5. The number of anilines is 1. The van der Waals surface area contributed by atoms with Gasteiger partial charge in [-0.25, -0.2) is 0 Å². The van der Waals surface area contributed by atoms with Gasteiger partial charge < -0.3 is 20.1 Å². The van der Waals surface area contributed by atoms with Crippen LogP contribution in [-0.2, 0) is 9.59 Å². The highest BCUT2D eigenvalue weighted by Crippen LogP contribution is 2.46. The molecule has 0 unspecified atom stereocenters. The number of allylic oxidation sites excluding steroid dienone is 2. The van der Waals surface area contributed by atoms with Gasteiger partial charge >= 0.3 is 0 Å². The molecule has 1 aromatic heterocycles. The standard InChI is InChI=1S/C29H40N2O3S2/c1-19-4-6-21(7-5-19)26-31(22-10-14-29(17-32,15-11-22)30-18-33)23-16-24(35-25(23)27(34)36-26)20-8-12-28(2,3)13-9-20/h8,16-19,21-22,34H,4-7,9-15H2,1-3H3,(H,30,33). The maximum Gasteiger partial charge on any atom is 0.207 e. The number of carbonyl (C=O) groups is 2. The highest BCUT2D eigenvalue weighted by Gasteiger charge is 2.41. The summed E-state index contributed by atoms with van der Waals surface area (Å²) >= 11 is 1.73. The highest BCUT2D eigenvalue weighted by molar-refractivity contribution is 7.98. The molecule has 0 radical (unpaired) electrons. The van der Waals surface area contributed by atoms with Gasteiger partial charge in [-0.1, -0.05) is 50.6 Å². The van der Waals surface area contributed by atoms with Crippen LogP contribution in [0.25, 0.3) is 5.57 Å². The van der Waals surface area contributed by atoms with Crippen molar-refractivity contribution < 1.29 is 14.7 Å². The third-order valence-corrected chi connectivity index (χ3v) is 11.5. The SMILES string of the molecule is CC1CCC(C2=S=C(O)c3sc(C4=CCC(C)(C)CC4)cc3N2C2CCC(C=O)(NC=O)CC2)CC1. The molecule has 2 heterocycles. The van der Waals surface area contributed by atoms with Crippen molar-refractivity contribution in [2.45, 2.75) is 103 Å². The summed E-state index contributed by atoms with van der Waals surface area (Å²) in [5.41, 5.74) is 2.19. The van der Waals surface area contributed by atoms with Crippen molar-refractivity contribution in [3.63, 3.8) is 0 Å². The molecule has 0 spiro atoms. The molecule has 0 bridgehead atoms. The van der Waals surface area contributed by atoms with Crippen LogP contribution in [0.4, 0.5) is 5.69 Å².